The molecule has 0 aliphatic carbocycles. The molecule has 0 saturated heterocycles. The van der Waals surface area contributed by atoms with E-state index >= 15 is 0 Å². The van der Waals surface area contributed by atoms with Crippen molar-refractivity contribution in [3.8, 4) is 0 Å². The van der Waals surface area contributed by atoms with Gasteiger partial charge in [0.1, 0.15) is 24.5 Å². The highest BCUT2D eigenvalue weighted by Gasteiger charge is 2.31. The van der Waals surface area contributed by atoms with Crippen molar-refractivity contribution in [2.24, 2.45) is 0 Å². The second kappa shape index (κ2) is 22.6. The molecule has 0 atom stereocenters. The van der Waals surface area contributed by atoms with Gasteiger partial charge in [-0.15, -0.1) is 0 Å². The van der Waals surface area contributed by atoms with E-state index in [0.717, 1.165) is 12.1 Å². The van der Waals surface area contributed by atoms with E-state index in [4.69, 9.17) is 0 Å². The van der Waals surface area contributed by atoms with Crippen molar-refractivity contribution >= 4 is 165 Å². The average Bonchev–Trinajstić information content (AvgIpc) is 1.58. The minimum absolute atomic E-state index is 0.166. The number of nitrogens with one attached hydrogen (secondary N) is 5. The number of hydrogen-bond donors (Lipinski definition) is 14. The Morgan fingerprint density at radius 3 is 0.759 bits per heavy atom. The summed E-state index contributed by atoms with van der Waals surface area (Å²) in [5.74, 6) is -4.91. The second-order valence-electron chi connectivity index (χ2n) is 17.3. The molecule has 464 valence electrons. The smallest absolute Gasteiger partial charge is 0.322 e. The van der Waals surface area contributed by atoms with E-state index in [1.165, 1.54) is 0 Å². The molecule has 0 saturated carbocycles. The Labute approximate surface area is 488 Å². The summed E-state index contributed by atoms with van der Waals surface area (Å²) in [5, 5.41) is 6.35. The van der Waals surface area contributed by atoms with Gasteiger partial charge in [-0.3, -0.25) is 55.4 Å². The molecule has 7 rings (SSSR count). The molecule has 14 N–H and O–H groups in total. The standard InChI is InChI=1S/C42H31N5O31S9/c48-39(43-20-1-4-28(32(11-20)83(64,65)66)40(49)46-30-14-23(79(52,53)54)7-18-9-25(81(58,59)60)16-35(37(18)30)86(73,74)75)27-5-2-21(12-33(27)84(67,68)69)44-42(51)45-22-3-6-29(34(13-22)85(70,71)72)41(50)47-31-15-24(80(55,56)57)8-19-10-26(82(61,62)63)17-36(38(19)31)87(76,77)78/h1-17H,(H,43,48)(H,46,49)(H,47,50)(H2,44,45,51)(H,52,53,54)(H,55,56,57)(H,58,59,60)(H,61,62,63)(H,64,65,66)(H,67,68,69)(H,70,71,72)(H,73,74,75)(H,76,77,78). The summed E-state index contributed by atoms with van der Waals surface area (Å²) in [5.41, 5.74) is -7.20. The van der Waals surface area contributed by atoms with Crippen molar-refractivity contribution in [2.75, 3.05) is 26.6 Å². The van der Waals surface area contributed by atoms with Gasteiger partial charge in [0.05, 0.1) is 47.6 Å². The zero-order valence-electron chi connectivity index (χ0n) is 41.5. The molecule has 0 spiro atoms. The van der Waals surface area contributed by atoms with Gasteiger partial charge < -0.3 is 26.6 Å². The summed E-state index contributed by atoms with van der Waals surface area (Å²) < 4.78 is 311. The minimum Gasteiger partial charge on any atom is -0.322 e. The first-order valence-electron chi connectivity index (χ1n) is 21.9. The lowest BCUT2D eigenvalue weighted by atomic mass is 10.1. The zero-order chi connectivity index (χ0) is 65.5. The van der Waals surface area contributed by atoms with E-state index in [-0.39, 0.29) is 12.1 Å². The molecule has 0 unspecified atom stereocenters. The third-order valence-electron chi connectivity index (χ3n) is 11.4. The number of fused-ring (bicyclic) bond motifs is 2. The second-order valence-corrected chi connectivity index (χ2v) is 30.0. The molecule has 7 aromatic carbocycles. The van der Waals surface area contributed by atoms with Crippen molar-refractivity contribution in [2.45, 2.75) is 44.1 Å². The molecule has 36 nitrogen and oxygen atoms in total. The fourth-order valence-corrected chi connectivity index (χ4v) is 13.9. The Kier molecular flexibility index (Phi) is 17.2. The van der Waals surface area contributed by atoms with Crippen molar-refractivity contribution < 1.29 is 136 Å². The number of amides is 5. The van der Waals surface area contributed by atoms with Crippen LogP contribution < -0.4 is 26.6 Å². The Bertz CT molecular complexity index is 5340. The van der Waals surface area contributed by atoms with Crippen molar-refractivity contribution in [1.29, 1.82) is 0 Å². The lowest BCUT2D eigenvalue weighted by molar-refractivity contribution is 0.101. The van der Waals surface area contributed by atoms with E-state index in [9.17, 15) is 136 Å². The molecule has 0 bridgehead atoms. The van der Waals surface area contributed by atoms with Crippen LogP contribution in [0.25, 0.3) is 21.5 Å². The van der Waals surface area contributed by atoms with Crippen LogP contribution in [0.2, 0.25) is 0 Å². The maximum absolute atomic E-state index is 13.7. The number of urea groups is 1. The number of benzene rings is 7. The normalized spacial score (nSPS) is 13.0. The molecular weight excluding hydrogens is 1360 g/mol. The maximum atomic E-state index is 13.7. The maximum Gasteiger partial charge on any atom is 0.323 e. The molecule has 5 amide bonds. The number of carbonyl (C=O) groups is 4. The topological polar surface area (TPSA) is 618 Å². The Hall–Kier alpha value is -8.07. The van der Waals surface area contributed by atoms with Gasteiger partial charge in [-0.05, 0) is 114 Å². The van der Waals surface area contributed by atoms with Crippen LogP contribution in [-0.2, 0) is 91.1 Å². The summed E-state index contributed by atoms with van der Waals surface area (Å²) in [4.78, 5) is 42.2. The van der Waals surface area contributed by atoms with Gasteiger partial charge in [-0.1, -0.05) is 0 Å². The predicted octanol–water partition coefficient (Wildman–Crippen LogP) is 2.61. The fraction of sp³-hybridized carbons (Fsp3) is 0. The third-order valence-corrected chi connectivity index (χ3v) is 19.2. The molecule has 0 aromatic heterocycles. The van der Waals surface area contributed by atoms with E-state index in [1.54, 1.807) is 0 Å². The summed E-state index contributed by atoms with van der Waals surface area (Å²) in [6.45, 7) is 0. The van der Waals surface area contributed by atoms with Gasteiger partial charge in [0.15, 0.2) is 0 Å². The summed E-state index contributed by atoms with van der Waals surface area (Å²) >= 11 is 0. The van der Waals surface area contributed by atoms with Gasteiger partial charge in [0.25, 0.3) is 109 Å². The average molecular weight is 1390 g/mol. The summed E-state index contributed by atoms with van der Waals surface area (Å²) in [6, 6.07) is 6.57. The Balaban J connectivity index is 1.16. The highest BCUT2D eigenvalue weighted by atomic mass is 32.3. The Morgan fingerprint density at radius 1 is 0.264 bits per heavy atom. The molecule has 87 heavy (non-hydrogen) atoms. The first-order valence-corrected chi connectivity index (χ1v) is 34.8. The van der Waals surface area contributed by atoms with E-state index in [2.05, 4.69) is 0 Å². The van der Waals surface area contributed by atoms with Gasteiger partial charge in [0.2, 0.25) is 0 Å². The first kappa shape index (κ1) is 66.5. The van der Waals surface area contributed by atoms with Crippen molar-refractivity contribution in [3.05, 3.63) is 120 Å². The summed E-state index contributed by atoms with van der Waals surface area (Å²) in [7, 11) is -49.3. The predicted molar refractivity (Wildman–Crippen MR) is 292 cm³/mol. The van der Waals surface area contributed by atoms with Crippen LogP contribution in [0, 0.1) is 0 Å². The first-order chi connectivity index (χ1) is 39.4. The zero-order valence-corrected chi connectivity index (χ0v) is 48.8. The van der Waals surface area contributed by atoms with E-state index in [0.29, 0.717) is 78.9 Å². The molecule has 0 aliphatic rings. The minimum atomic E-state index is -5.63. The molecule has 0 aliphatic heterocycles. The van der Waals surface area contributed by atoms with Crippen LogP contribution in [0.3, 0.4) is 0 Å². The highest BCUT2D eigenvalue weighted by molar-refractivity contribution is 7.88. The van der Waals surface area contributed by atoms with Gasteiger partial charge >= 0.3 is 6.03 Å². The highest BCUT2D eigenvalue weighted by Crippen LogP contribution is 2.39. The molecular formula is C42H31N5O31S9. The lowest BCUT2D eigenvalue weighted by Crippen LogP contribution is -2.22. The fourth-order valence-electron chi connectivity index (χ4n) is 7.92. The van der Waals surface area contributed by atoms with Gasteiger partial charge in [-0.2, -0.15) is 75.8 Å². The SMILES string of the molecule is O=C(Nc1ccc(C(=O)Nc2ccc(C(=O)Nc3cc(S(=O)(=O)O)cc4cc(S(=O)(=O)O)cc(S(=O)(=O)O)c34)c(S(=O)(=O)O)c2)c(S(=O)(=O)O)c1)Nc1ccc(C(=O)Nc2cc(S(=O)(=O)O)cc3cc(S(=O)(=O)O)cc(S(=O)(=O)O)c23)c(S(=O)(=O)O)c1. The molecule has 0 radical (unpaired) electrons. The number of anilines is 5. The third kappa shape index (κ3) is 15.0. The van der Waals surface area contributed by atoms with Crippen LogP contribution in [-0.4, -0.2) is 140 Å². The quantitative estimate of drug-likeness (QED) is 0.0583. The van der Waals surface area contributed by atoms with E-state index < -0.39 is 226 Å². The van der Waals surface area contributed by atoms with Crippen molar-refractivity contribution in [3.63, 3.8) is 0 Å². The monoisotopic (exact) mass is 1390 g/mol. The van der Waals surface area contributed by atoms with Crippen LogP contribution >= 0.6 is 0 Å². The van der Waals surface area contributed by atoms with Crippen LogP contribution in [0.15, 0.2) is 147 Å². The molecule has 0 heterocycles. The lowest BCUT2D eigenvalue weighted by Gasteiger charge is -2.16. The Morgan fingerprint density at radius 2 is 0.506 bits per heavy atom. The summed E-state index contributed by atoms with van der Waals surface area (Å²) in [6.07, 6.45) is 0. The van der Waals surface area contributed by atoms with Crippen LogP contribution in [0.5, 0.6) is 0 Å². The van der Waals surface area contributed by atoms with Crippen molar-refractivity contribution in [1.82, 2.24) is 0 Å². The van der Waals surface area contributed by atoms with E-state index in [1.807, 2.05) is 26.6 Å². The number of carbonyl (C=O) groups excluding carboxylic acids is 4. The molecule has 0 fully saturated rings. The molecule has 7 aromatic rings. The van der Waals surface area contributed by atoms with Gasteiger partial charge in [0, 0.05) is 27.8 Å². The van der Waals surface area contributed by atoms with Crippen LogP contribution in [0.4, 0.5) is 33.2 Å². The van der Waals surface area contributed by atoms with Crippen LogP contribution in [0.1, 0.15) is 31.1 Å². The largest absolute Gasteiger partial charge is 0.323 e. The number of hydrogen-bond acceptors (Lipinski definition) is 22. The number of rotatable bonds is 17. The molecule has 45 heteroatoms. The van der Waals surface area contributed by atoms with Gasteiger partial charge in [-0.25, -0.2) is 4.79 Å².